The third-order valence-electron chi connectivity index (χ3n) is 2.48. The first-order valence-corrected chi connectivity index (χ1v) is 4.87. The number of likely N-dealkylation sites (N-methyl/N-ethyl adjacent to an activating group) is 1. The zero-order chi connectivity index (χ0) is 10.6. The number of hydrogen-bond donors (Lipinski definition) is 1. The summed E-state index contributed by atoms with van der Waals surface area (Å²) in [6.45, 7) is 4.23. The van der Waals surface area contributed by atoms with E-state index in [9.17, 15) is 0 Å². The van der Waals surface area contributed by atoms with Gasteiger partial charge < -0.3 is 5.32 Å². The Morgan fingerprint density at radius 3 is 2.71 bits per heavy atom. The van der Waals surface area contributed by atoms with Crippen molar-refractivity contribution >= 4 is 0 Å². The van der Waals surface area contributed by atoms with Crippen LogP contribution in [0.25, 0.3) is 0 Å². The quantitative estimate of drug-likeness (QED) is 0.714. The Bertz CT molecular complexity index is 347. The Kier molecular flexibility index (Phi) is 3.73. The molecule has 1 rings (SSSR count). The molecule has 0 saturated heterocycles. The number of aryl methyl sites for hydroxylation is 2. The van der Waals surface area contributed by atoms with Crippen molar-refractivity contribution < 1.29 is 0 Å². The molecule has 1 nitrogen and oxygen atoms in total. The predicted molar refractivity (Wildman–Crippen MR) is 61.3 cm³/mol. The fraction of sp³-hybridized carbons (Fsp3) is 0.385. The highest BCUT2D eigenvalue weighted by atomic mass is 14.8. The monoisotopic (exact) mass is 187 g/mol. The molecule has 1 heteroatoms. The fourth-order valence-electron chi connectivity index (χ4n) is 1.48. The van der Waals surface area contributed by atoms with Gasteiger partial charge in [0.25, 0.3) is 0 Å². The van der Waals surface area contributed by atoms with Gasteiger partial charge in [-0.15, -0.1) is 6.42 Å². The van der Waals surface area contributed by atoms with Crippen molar-refractivity contribution in [3.05, 3.63) is 34.9 Å². The molecule has 1 N–H and O–H groups in total. The lowest BCUT2D eigenvalue weighted by molar-refractivity contribution is 0.681. The van der Waals surface area contributed by atoms with Crippen LogP contribution in [0, 0.1) is 26.2 Å². The molecule has 0 radical (unpaired) electrons. The summed E-state index contributed by atoms with van der Waals surface area (Å²) in [6.07, 6.45) is 6.31. The molecule has 0 heterocycles. The fourth-order valence-corrected chi connectivity index (χ4v) is 1.48. The molecule has 0 bridgehead atoms. The van der Waals surface area contributed by atoms with Crippen LogP contribution >= 0.6 is 0 Å². The average Bonchev–Trinajstić information content (AvgIpc) is 2.19. The van der Waals surface area contributed by atoms with Crippen LogP contribution in [0.4, 0.5) is 0 Å². The van der Waals surface area contributed by atoms with Gasteiger partial charge in [-0.1, -0.05) is 29.7 Å². The molecule has 0 aliphatic heterocycles. The molecular formula is C13H17N. The summed E-state index contributed by atoms with van der Waals surface area (Å²) in [5.74, 6) is 2.74. The van der Waals surface area contributed by atoms with Crippen molar-refractivity contribution in [2.75, 3.05) is 7.05 Å². The van der Waals surface area contributed by atoms with E-state index in [4.69, 9.17) is 6.42 Å². The van der Waals surface area contributed by atoms with Gasteiger partial charge in [0.15, 0.2) is 0 Å². The standard InChI is InChI=1S/C13H17N/c1-5-13(14-4)9-12-8-10(2)6-7-11(12)3/h1,6-8,13-14H,9H2,2-4H3. The molecule has 14 heavy (non-hydrogen) atoms. The molecule has 1 unspecified atom stereocenters. The molecule has 0 fully saturated rings. The van der Waals surface area contributed by atoms with E-state index in [0.29, 0.717) is 0 Å². The van der Waals surface area contributed by atoms with Crippen LogP contribution in [-0.4, -0.2) is 13.1 Å². The van der Waals surface area contributed by atoms with Crippen LogP contribution in [0.1, 0.15) is 16.7 Å². The van der Waals surface area contributed by atoms with Gasteiger partial charge in [-0.2, -0.15) is 0 Å². The predicted octanol–water partition coefficient (Wildman–Crippen LogP) is 2.07. The smallest absolute Gasteiger partial charge is 0.0725 e. The first-order valence-electron chi connectivity index (χ1n) is 4.87. The molecule has 74 valence electrons. The van der Waals surface area contributed by atoms with E-state index in [2.05, 4.69) is 43.3 Å². The Morgan fingerprint density at radius 2 is 2.14 bits per heavy atom. The van der Waals surface area contributed by atoms with Gasteiger partial charge in [-0.3, -0.25) is 0 Å². The molecule has 0 saturated carbocycles. The Hall–Kier alpha value is -1.26. The first kappa shape index (κ1) is 10.8. The van der Waals surface area contributed by atoms with Gasteiger partial charge in [0, 0.05) is 0 Å². The summed E-state index contributed by atoms with van der Waals surface area (Å²) in [7, 11) is 1.90. The van der Waals surface area contributed by atoms with Crippen molar-refractivity contribution in [3.8, 4) is 12.3 Å². The lowest BCUT2D eigenvalue weighted by Crippen LogP contribution is -2.25. The van der Waals surface area contributed by atoms with Crippen molar-refractivity contribution in [2.45, 2.75) is 26.3 Å². The van der Waals surface area contributed by atoms with E-state index in [1.165, 1.54) is 16.7 Å². The summed E-state index contributed by atoms with van der Waals surface area (Å²) >= 11 is 0. The largest absolute Gasteiger partial charge is 0.306 e. The molecular weight excluding hydrogens is 170 g/mol. The summed E-state index contributed by atoms with van der Waals surface area (Å²) in [5, 5.41) is 3.11. The van der Waals surface area contributed by atoms with Crippen molar-refractivity contribution in [1.29, 1.82) is 0 Å². The maximum Gasteiger partial charge on any atom is 0.0725 e. The van der Waals surface area contributed by atoms with Gasteiger partial charge in [-0.05, 0) is 38.4 Å². The minimum atomic E-state index is 0.135. The van der Waals surface area contributed by atoms with E-state index in [-0.39, 0.29) is 6.04 Å². The normalized spacial score (nSPS) is 12.1. The maximum absolute atomic E-state index is 5.41. The van der Waals surface area contributed by atoms with Crippen LogP contribution < -0.4 is 5.32 Å². The van der Waals surface area contributed by atoms with Gasteiger partial charge in [0.1, 0.15) is 0 Å². The molecule has 1 aromatic carbocycles. The third-order valence-corrected chi connectivity index (χ3v) is 2.48. The van der Waals surface area contributed by atoms with Crippen molar-refractivity contribution in [2.24, 2.45) is 0 Å². The average molecular weight is 187 g/mol. The summed E-state index contributed by atoms with van der Waals surface area (Å²) in [6, 6.07) is 6.61. The Labute approximate surface area is 86.5 Å². The van der Waals surface area contributed by atoms with E-state index < -0.39 is 0 Å². The Morgan fingerprint density at radius 1 is 1.43 bits per heavy atom. The van der Waals surface area contributed by atoms with Gasteiger partial charge >= 0.3 is 0 Å². The van der Waals surface area contributed by atoms with E-state index in [1.54, 1.807) is 0 Å². The Balaban J connectivity index is 2.86. The molecule has 0 aliphatic rings. The number of hydrogen-bond acceptors (Lipinski definition) is 1. The van der Waals surface area contributed by atoms with E-state index in [1.807, 2.05) is 7.05 Å². The minimum absolute atomic E-state index is 0.135. The van der Waals surface area contributed by atoms with Gasteiger partial charge in [0.2, 0.25) is 0 Å². The topological polar surface area (TPSA) is 12.0 Å². The van der Waals surface area contributed by atoms with Crippen LogP contribution in [-0.2, 0) is 6.42 Å². The number of nitrogens with one attached hydrogen (secondary N) is 1. The summed E-state index contributed by atoms with van der Waals surface area (Å²) < 4.78 is 0. The lowest BCUT2D eigenvalue weighted by Gasteiger charge is -2.12. The third kappa shape index (κ3) is 2.61. The van der Waals surface area contributed by atoms with Crippen molar-refractivity contribution in [3.63, 3.8) is 0 Å². The van der Waals surface area contributed by atoms with E-state index >= 15 is 0 Å². The highest BCUT2D eigenvalue weighted by molar-refractivity contribution is 5.32. The second kappa shape index (κ2) is 4.83. The molecule has 0 spiro atoms. The van der Waals surface area contributed by atoms with Gasteiger partial charge in [0.05, 0.1) is 6.04 Å². The van der Waals surface area contributed by atoms with Crippen molar-refractivity contribution in [1.82, 2.24) is 5.32 Å². The SMILES string of the molecule is C#CC(Cc1cc(C)ccc1C)NC. The molecule has 1 atom stereocenters. The molecule has 0 aliphatic carbocycles. The first-order chi connectivity index (χ1) is 6.67. The maximum atomic E-state index is 5.41. The van der Waals surface area contributed by atoms with Crippen LogP contribution in [0.5, 0.6) is 0 Å². The molecule has 0 amide bonds. The minimum Gasteiger partial charge on any atom is -0.306 e. The zero-order valence-corrected chi connectivity index (χ0v) is 9.09. The van der Waals surface area contributed by atoms with Crippen LogP contribution in [0.15, 0.2) is 18.2 Å². The molecule has 1 aromatic rings. The zero-order valence-electron chi connectivity index (χ0n) is 9.09. The summed E-state index contributed by atoms with van der Waals surface area (Å²) in [5.41, 5.74) is 3.94. The number of benzene rings is 1. The highest BCUT2D eigenvalue weighted by Crippen LogP contribution is 2.12. The van der Waals surface area contributed by atoms with Crippen LogP contribution in [0.2, 0.25) is 0 Å². The van der Waals surface area contributed by atoms with Crippen LogP contribution in [0.3, 0.4) is 0 Å². The number of rotatable bonds is 3. The second-order valence-corrected chi connectivity index (χ2v) is 3.64. The van der Waals surface area contributed by atoms with E-state index in [0.717, 1.165) is 6.42 Å². The second-order valence-electron chi connectivity index (χ2n) is 3.64. The lowest BCUT2D eigenvalue weighted by atomic mass is 9.99. The summed E-state index contributed by atoms with van der Waals surface area (Å²) in [4.78, 5) is 0. The van der Waals surface area contributed by atoms with Gasteiger partial charge in [-0.25, -0.2) is 0 Å². The number of terminal acetylenes is 1. The highest BCUT2D eigenvalue weighted by Gasteiger charge is 2.05. The molecule has 0 aromatic heterocycles.